The van der Waals surface area contributed by atoms with Gasteiger partial charge < -0.3 is 24.3 Å². The molecule has 0 fully saturated rings. The normalized spacial score (nSPS) is 14.6. The number of nitrogens with zero attached hydrogens (tertiary/aromatic N) is 2. The molecule has 0 unspecified atom stereocenters. The molecule has 0 saturated carbocycles. The van der Waals surface area contributed by atoms with Crippen LogP contribution in [-0.4, -0.2) is 42.9 Å². The van der Waals surface area contributed by atoms with Crippen molar-refractivity contribution in [1.29, 1.82) is 0 Å². The number of aromatic nitrogens is 2. The van der Waals surface area contributed by atoms with Gasteiger partial charge in [-0.05, 0) is 49.4 Å². The van der Waals surface area contributed by atoms with E-state index in [1.54, 1.807) is 13.3 Å². The van der Waals surface area contributed by atoms with E-state index in [1.165, 1.54) is 5.56 Å². The monoisotopic (exact) mass is 451 g/mol. The number of nitrogens with one attached hydrogen (secondary N) is 1. The van der Waals surface area contributed by atoms with Gasteiger partial charge in [-0.3, -0.25) is 4.98 Å². The van der Waals surface area contributed by atoms with E-state index in [9.17, 15) is 0 Å². The summed E-state index contributed by atoms with van der Waals surface area (Å²) in [6.45, 7) is 7.14. The number of pyridine rings is 2. The van der Waals surface area contributed by atoms with Crippen molar-refractivity contribution in [3.05, 3.63) is 48.2 Å². The van der Waals surface area contributed by atoms with Gasteiger partial charge in [-0.15, -0.1) is 0 Å². The Morgan fingerprint density at radius 1 is 1.06 bits per heavy atom. The molecule has 4 rings (SSSR count). The summed E-state index contributed by atoms with van der Waals surface area (Å²) >= 11 is 0. The summed E-state index contributed by atoms with van der Waals surface area (Å²) in [6.07, 6.45) is 4.99. The number of fused-ring (bicyclic) bond motifs is 2. The second kappa shape index (κ2) is 11.2. The predicted molar refractivity (Wildman–Crippen MR) is 128 cm³/mol. The van der Waals surface area contributed by atoms with Crippen molar-refractivity contribution in [2.75, 3.05) is 26.9 Å². The topological polar surface area (TPSA) is 74.7 Å². The summed E-state index contributed by atoms with van der Waals surface area (Å²) in [5.74, 6) is 3.46. The molecule has 3 heterocycles. The Balaban J connectivity index is 1.26. The number of rotatable bonds is 11. The van der Waals surface area contributed by atoms with Crippen molar-refractivity contribution in [2.45, 2.75) is 45.7 Å². The highest BCUT2D eigenvalue weighted by Gasteiger charge is 2.14. The van der Waals surface area contributed by atoms with Gasteiger partial charge in [0.05, 0.1) is 19.2 Å². The van der Waals surface area contributed by atoms with Gasteiger partial charge >= 0.3 is 0 Å². The lowest BCUT2D eigenvalue weighted by molar-refractivity contribution is 0.171. The van der Waals surface area contributed by atoms with Gasteiger partial charge in [0.15, 0.2) is 11.5 Å². The van der Waals surface area contributed by atoms with Crippen molar-refractivity contribution in [3.8, 4) is 23.1 Å². The standard InChI is InChI=1S/C26H33N3O4/c1-4-19(17-33-23-11-12-27-21-8-10-25(30-3)29-26(21)23)6-5-18(2)28-16-20-7-9-22-24(15-20)32-14-13-31-22/h7-12,15,18-19,28H,4-6,13-14,16-17H2,1-3H3/t18-,19-/m0/s1. The molecular formula is C26H33N3O4. The van der Waals surface area contributed by atoms with Gasteiger partial charge in [0.2, 0.25) is 5.88 Å². The van der Waals surface area contributed by atoms with Crippen LogP contribution in [0.25, 0.3) is 11.0 Å². The van der Waals surface area contributed by atoms with E-state index < -0.39 is 0 Å². The highest BCUT2D eigenvalue weighted by Crippen LogP contribution is 2.31. The molecule has 176 valence electrons. The van der Waals surface area contributed by atoms with E-state index in [4.69, 9.17) is 18.9 Å². The summed E-state index contributed by atoms with van der Waals surface area (Å²) in [6, 6.07) is 12.2. The molecule has 1 aliphatic heterocycles. The zero-order valence-corrected chi connectivity index (χ0v) is 19.7. The zero-order valence-electron chi connectivity index (χ0n) is 19.7. The first-order valence-electron chi connectivity index (χ1n) is 11.7. The minimum absolute atomic E-state index is 0.403. The highest BCUT2D eigenvalue weighted by molar-refractivity contribution is 5.81. The Kier molecular flexibility index (Phi) is 7.83. The van der Waals surface area contributed by atoms with E-state index >= 15 is 0 Å². The van der Waals surface area contributed by atoms with Gasteiger partial charge in [-0.2, -0.15) is 0 Å². The molecule has 0 amide bonds. The summed E-state index contributed by atoms with van der Waals surface area (Å²) < 4.78 is 22.7. The summed E-state index contributed by atoms with van der Waals surface area (Å²) in [4.78, 5) is 8.89. The first-order valence-corrected chi connectivity index (χ1v) is 11.7. The van der Waals surface area contributed by atoms with Crippen LogP contribution in [0, 0.1) is 5.92 Å². The molecular weight excluding hydrogens is 418 g/mol. The number of benzene rings is 1. The quantitative estimate of drug-likeness (QED) is 0.450. The van der Waals surface area contributed by atoms with E-state index in [1.807, 2.05) is 24.3 Å². The third kappa shape index (κ3) is 6.05. The average molecular weight is 452 g/mol. The van der Waals surface area contributed by atoms with Gasteiger partial charge in [0, 0.05) is 30.9 Å². The second-order valence-corrected chi connectivity index (χ2v) is 8.45. The number of hydrogen-bond acceptors (Lipinski definition) is 7. The van der Waals surface area contributed by atoms with Crippen molar-refractivity contribution < 1.29 is 18.9 Å². The maximum atomic E-state index is 6.18. The Bertz CT molecular complexity index is 1060. The predicted octanol–water partition coefficient (Wildman–Crippen LogP) is 4.77. The SMILES string of the molecule is CC[C@@H](CC[C@H](C)NCc1ccc2c(c1)OCCO2)COc1ccnc2ccc(OC)nc12. The Labute approximate surface area is 195 Å². The molecule has 2 aromatic heterocycles. The molecule has 1 N–H and O–H groups in total. The van der Waals surface area contributed by atoms with Crippen LogP contribution < -0.4 is 24.3 Å². The molecule has 0 aliphatic carbocycles. The molecule has 0 radical (unpaired) electrons. The lowest BCUT2D eigenvalue weighted by Crippen LogP contribution is -2.27. The van der Waals surface area contributed by atoms with Crippen LogP contribution in [0.3, 0.4) is 0 Å². The molecule has 33 heavy (non-hydrogen) atoms. The second-order valence-electron chi connectivity index (χ2n) is 8.45. The molecule has 7 heteroatoms. The molecule has 3 aromatic rings. The fraction of sp³-hybridized carbons (Fsp3) is 0.462. The van der Waals surface area contributed by atoms with Crippen LogP contribution in [0.2, 0.25) is 0 Å². The molecule has 7 nitrogen and oxygen atoms in total. The molecule has 0 saturated heterocycles. The maximum absolute atomic E-state index is 6.18. The smallest absolute Gasteiger partial charge is 0.213 e. The maximum Gasteiger partial charge on any atom is 0.213 e. The molecule has 1 aliphatic rings. The van der Waals surface area contributed by atoms with E-state index in [0.29, 0.717) is 37.7 Å². The number of methoxy groups -OCH3 is 1. The van der Waals surface area contributed by atoms with Gasteiger partial charge in [0.1, 0.15) is 24.5 Å². The summed E-state index contributed by atoms with van der Waals surface area (Å²) in [5, 5.41) is 3.63. The Morgan fingerprint density at radius 2 is 1.91 bits per heavy atom. The number of hydrogen-bond donors (Lipinski definition) is 1. The van der Waals surface area contributed by atoms with Gasteiger partial charge in [-0.1, -0.05) is 19.4 Å². The third-order valence-electron chi connectivity index (χ3n) is 6.05. The van der Waals surface area contributed by atoms with Crippen LogP contribution in [0.5, 0.6) is 23.1 Å². The Morgan fingerprint density at radius 3 is 2.73 bits per heavy atom. The minimum Gasteiger partial charge on any atom is -0.491 e. The van der Waals surface area contributed by atoms with Crippen molar-refractivity contribution in [2.24, 2.45) is 5.92 Å². The zero-order chi connectivity index (χ0) is 23.0. The van der Waals surface area contributed by atoms with Crippen LogP contribution in [0.1, 0.15) is 38.7 Å². The van der Waals surface area contributed by atoms with Gasteiger partial charge in [-0.25, -0.2) is 4.98 Å². The third-order valence-corrected chi connectivity index (χ3v) is 6.05. The average Bonchev–Trinajstić information content (AvgIpc) is 2.87. The molecule has 0 spiro atoms. The van der Waals surface area contributed by atoms with Crippen LogP contribution in [0.15, 0.2) is 42.6 Å². The lowest BCUT2D eigenvalue weighted by atomic mass is 9.98. The first-order chi connectivity index (χ1) is 16.2. The largest absolute Gasteiger partial charge is 0.491 e. The fourth-order valence-electron chi connectivity index (χ4n) is 3.90. The molecule has 1 aromatic carbocycles. The Hall–Kier alpha value is -3.06. The van der Waals surface area contributed by atoms with E-state index in [2.05, 4.69) is 41.3 Å². The van der Waals surface area contributed by atoms with Crippen LogP contribution in [-0.2, 0) is 6.54 Å². The van der Waals surface area contributed by atoms with E-state index in [-0.39, 0.29) is 0 Å². The molecule has 2 atom stereocenters. The van der Waals surface area contributed by atoms with Crippen LogP contribution in [0.4, 0.5) is 0 Å². The van der Waals surface area contributed by atoms with E-state index in [0.717, 1.165) is 54.1 Å². The van der Waals surface area contributed by atoms with Crippen molar-refractivity contribution in [1.82, 2.24) is 15.3 Å². The minimum atomic E-state index is 0.403. The summed E-state index contributed by atoms with van der Waals surface area (Å²) in [5.41, 5.74) is 2.74. The van der Waals surface area contributed by atoms with Crippen molar-refractivity contribution in [3.63, 3.8) is 0 Å². The van der Waals surface area contributed by atoms with Gasteiger partial charge in [0.25, 0.3) is 0 Å². The molecule has 0 bridgehead atoms. The summed E-state index contributed by atoms with van der Waals surface area (Å²) in [7, 11) is 1.61. The highest BCUT2D eigenvalue weighted by atomic mass is 16.6. The first kappa shape index (κ1) is 23.1. The fourth-order valence-corrected chi connectivity index (χ4v) is 3.90. The van der Waals surface area contributed by atoms with Crippen LogP contribution >= 0.6 is 0 Å². The lowest BCUT2D eigenvalue weighted by Gasteiger charge is -2.21. The number of ether oxygens (including phenoxy) is 4. The van der Waals surface area contributed by atoms with Crippen molar-refractivity contribution >= 4 is 11.0 Å².